The molecule has 4 heteroatoms. The molecule has 0 saturated carbocycles. The molecule has 1 aliphatic heterocycles. The summed E-state index contributed by atoms with van der Waals surface area (Å²) in [6.07, 6.45) is 1.44. The molecule has 1 fully saturated rings. The van der Waals surface area contributed by atoms with Gasteiger partial charge in [0, 0.05) is 6.61 Å². The summed E-state index contributed by atoms with van der Waals surface area (Å²) in [6, 6.07) is -0.160. The summed E-state index contributed by atoms with van der Waals surface area (Å²) in [5.41, 5.74) is 0. The average Bonchev–Trinajstić information content (AvgIpc) is 2.65. The van der Waals surface area contributed by atoms with Crippen LogP contribution in [0.4, 0.5) is 0 Å². The number of ether oxygens (including phenoxy) is 1. The number of nitrogens with one attached hydrogen (secondary N) is 1. The lowest BCUT2D eigenvalue weighted by molar-refractivity contribution is -0.131. The Morgan fingerprint density at radius 1 is 1.64 bits per heavy atom. The third-order valence-electron chi connectivity index (χ3n) is 2.55. The van der Waals surface area contributed by atoms with Crippen molar-refractivity contribution in [1.29, 1.82) is 0 Å². The Bertz CT molecular complexity index is 188. The van der Waals surface area contributed by atoms with E-state index in [0.29, 0.717) is 6.61 Å². The molecular formula is C10H19NO3. The van der Waals surface area contributed by atoms with Crippen LogP contribution < -0.4 is 5.32 Å². The minimum atomic E-state index is -0.303. The summed E-state index contributed by atoms with van der Waals surface area (Å²) in [4.78, 5) is 11.6. The van der Waals surface area contributed by atoms with E-state index in [4.69, 9.17) is 9.84 Å². The fourth-order valence-corrected chi connectivity index (χ4v) is 1.48. The minimum Gasteiger partial charge on any atom is -0.394 e. The van der Waals surface area contributed by atoms with Gasteiger partial charge in [0.05, 0.1) is 12.6 Å². The molecule has 14 heavy (non-hydrogen) atoms. The molecule has 0 aromatic carbocycles. The lowest BCUT2D eigenvalue weighted by Gasteiger charge is -2.21. The molecule has 1 heterocycles. The summed E-state index contributed by atoms with van der Waals surface area (Å²) in [7, 11) is 0. The Balaban J connectivity index is 2.37. The van der Waals surface area contributed by atoms with Gasteiger partial charge in [-0.1, -0.05) is 13.8 Å². The van der Waals surface area contributed by atoms with Crippen molar-refractivity contribution in [2.24, 2.45) is 5.92 Å². The Morgan fingerprint density at radius 2 is 2.36 bits per heavy atom. The standard InChI is InChI=1S/C10H19NO3/c1-7(2)8(6-12)11-10(13)9-4-3-5-14-9/h7-9,12H,3-6H2,1-2H3,(H,11,13)/t8-,9?/m1/s1. The number of carbonyl (C=O) groups excluding carboxylic acids is 1. The Kier molecular flexibility index (Phi) is 4.35. The summed E-state index contributed by atoms with van der Waals surface area (Å²) in [5.74, 6) is 0.153. The van der Waals surface area contributed by atoms with E-state index < -0.39 is 0 Å². The van der Waals surface area contributed by atoms with Crippen molar-refractivity contribution >= 4 is 5.91 Å². The molecule has 0 aliphatic carbocycles. The zero-order valence-corrected chi connectivity index (χ0v) is 8.82. The molecule has 0 radical (unpaired) electrons. The summed E-state index contributed by atoms with van der Waals surface area (Å²) in [5, 5.41) is 11.8. The summed E-state index contributed by atoms with van der Waals surface area (Å²) >= 11 is 0. The maximum Gasteiger partial charge on any atom is 0.249 e. The number of hydrogen-bond acceptors (Lipinski definition) is 3. The van der Waals surface area contributed by atoms with Crippen LogP contribution in [-0.4, -0.2) is 36.4 Å². The van der Waals surface area contributed by atoms with E-state index in [1.54, 1.807) is 0 Å². The van der Waals surface area contributed by atoms with Gasteiger partial charge < -0.3 is 15.2 Å². The van der Waals surface area contributed by atoms with Crippen molar-refractivity contribution in [3.8, 4) is 0 Å². The second-order valence-corrected chi connectivity index (χ2v) is 4.04. The Labute approximate surface area is 84.6 Å². The zero-order valence-electron chi connectivity index (χ0n) is 8.82. The van der Waals surface area contributed by atoms with Crippen LogP contribution in [-0.2, 0) is 9.53 Å². The lowest BCUT2D eigenvalue weighted by atomic mass is 10.0. The lowest BCUT2D eigenvalue weighted by Crippen LogP contribution is -2.45. The van der Waals surface area contributed by atoms with Gasteiger partial charge in [0.25, 0.3) is 0 Å². The van der Waals surface area contributed by atoms with Crippen LogP contribution in [0.1, 0.15) is 26.7 Å². The number of aliphatic hydroxyl groups excluding tert-OH is 1. The van der Waals surface area contributed by atoms with Gasteiger partial charge in [0.2, 0.25) is 5.91 Å². The Hall–Kier alpha value is -0.610. The van der Waals surface area contributed by atoms with Gasteiger partial charge in [-0.15, -0.1) is 0 Å². The van der Waals surface area contributed by atoms with E-state index in [1.807, 2.05) is 13.8 Å². The van der Waals surface area contributed by atoms with Crippen molar-refractivity contribution < 1.29 is 14.6 Å². The molecule has 1 unspecified atom stereocenters. The maximum absolute atomic E-state index is 11.6. The van der Waals surface area contributed by atoms with Crippen LogP contribution in [0.5, 0.6) is 0 Å². The van der Waals surface area contributed by atoms with E-state index in [9.17, 15) is 4.79 Å². The molecule has 1 aliphatic rings. The number of rotatable bonds is 4. The molecule has 4 nitrogen and oxygen atoms in total. The number of carbonyl (C=O) groups is 1. The van der Waals surface area contributed by atoms with Crippen molar-refractivity contribution in [1.82, 2.24) is 5.32 Å². The highest BCUT2D eigenvalue weighted by atomic mass is 16.5. The Morgan fingerprint density at radius 3 is 2.79 bits per heavy atom. The highest BCUT2D eigenvalue weighted by molar-refractivity contribution is 5.81. The number of aliphatic hydroxyl groups is 1. The van der Waals surface area contributed by atoms with Crippen LogP contribution in [0.15, 0.2) is 0 Å². The van der Waals surface area contributed by atoms with Crippen molar-refractivity contribution in [2.45, 2.75) is 38.8 Å². The van der Waals surface area contributed by atoms with Gasteiger partial charge in [0.15, 0.2) is 0 Å². The average molecular weight is 201 g/mol. The molecule has 82 valence electrons. The van der Waals surface area contributed by atoms with Crippen molar-refractivity contribution in [3.63, 3.8) is 0 Å². The molecule has 1 amide bonds. The third-order valence-corrected chi connectivity index (χ3v) is 2.55. The van der Waals surface area contributed by atoms with Crippen molar-refractivity contribution in [3.05, 3.63) is 0 Å². The minimum absolute atomic E-state index is 0.0177. The van der Waals surface area contributed by atoms with E-state index in [2.05, 4.69) is 5.32 Å². The second-order valence-electron chi connectivity index (χ2n) is 4.04. The maximum atomic E-state index is 11.6. The first-order valence-electron chi connectivity index (χ1n) is 5.18. The second kappa shape index (κ2) is 5.32. The molecule has 0 aromatic rings. The number of amides is 1. The van der Waals surface area contributed by atoms with Crippen LogP contribution >= 0.6 is 0 Å². The predicted molar refractivity (Wildman–Crippen MR) is 52.8 cm³/mol. The van der Waals surface area contributed by atoms with Gasteiger partial charge in [-0.05, 0) is 18.8 Å². The fourth-order valence-electron chi connectivity index (χ4n) is 1.48. The smallest absolute Gasteiger partial charge is 0.249 e. The van der Waals surface area contributed by atoms with Crippen LogP contribution in [0.3, 0.4) is 0 Å². The van der Waals surface area contributed by atoms with E-state index in [0.717, 1.165) is 12.8 Å². The first-order chi connectivity index (χ1) is 6.65. The molecule has 2 N–H and O–H groups in total. The van der Waals surface area contributed by atoms with E-state index >= 15 is 0 Å². The molecule has 0 bridgehead atoms. The zero-order chi connectivity index (χ0) is 10.6. The molecule has 0 spiro atoms. The topological polar surface area (TPSA) is 58.6 Å². The van der Waals surface area contributed by atoms with Crippen LogP contribution in [0, 0.1) is 5.92 Å². The van der Waals surface area contributed by atoms with Crippen LogP contribution in [0.25, 0.3) is 0 Å². The first-order valence-corrected chi connectivity index (χ1v) is 5.18. The van der Waals surface area contributed by atoms with Gasteiger partial charge in [-0.2, -0.15) is 0 Å². The van der Waals surface area contributed by atoms with E-state index in [1.165, 1.54) is 0 Å². The van der Waals surface area contributed by atoms with Gasteiger partial charge >= 0.3 is 0 Å². The first kappa shape index (κ1) is 11.5. The van der Waals surface area contributed by atoms with E-state index in [-0.39, 0.29) is 30.6 Å². The quantitative estimate of drug-likeness (QED) is 0.687. The molecule has 1 rings (SSSR count). The summed E-state index contributed by atoms with van der Waals surface area (Å²) in [6.45, 7) is 4.59. The predicted octanol–water partition coefficient (Wildman–Crippen LogP) is 0.298. The molecular weight excluding hydrogens is 182 g/mol. The van der Waals surface area contributed by atoms with Crippen LogP contribution in [0.2, 0.25) is 0 Å². The highest BCUT2D eigenvalue weighted by Crippen LogP contribution is 2.12. The largest absolute Gasteiger partial charge is 0.394 e. The monoisotopic (exact) mass is 201 g/mol. The number of hydrogen-bond donors (Lipinski definition) is 2. The molecule has 0 aromatic heterocycles. The molecule has 1 saturated heterocycles. The SMILES string of the molecule is CC(C)[C@@H](CO)NC(=O)C1CCCO1. The third kappa shape index (κ3) is 2.96. The van der Waals surface area contributed by atoms with Crippen molar-refractivity contribution in [2.75, 3.05) is 13.2 Å². The highest BCUT2D eigenvalue weighted by Gasteiger charge is 2.26. The molecule has 2 atom stereocenters. The van der Waals surface area contributed by atoms with Gasteiger partial charge in [0.1, 0.15) is 6.10 Å². The van der Waals surface area contributed by atoms with Gasteiger partial charge in [-0.25, -0.2) is 0 Å². The van der Waals surface area contributed by atoms with Gasteiger partial charge in [-0.3, -0.25) is 4.79 Å². The normalized spacial score (nSPS) is 23.9. The summed E-state index contributed by atoms with van der Waals surface area (Å²) < 4.78 is 5.25. The fraction of sp³-hybridized carbons (Fsp3) is 0.900.